The predicted molar refractivity (Wildman–Crippen MR) is 137 cm³/mol. The number of tetrazole rings is 1. The highest BCUT2D eigenvalue weighted by molar-refractivity contribution is 5.80. The van der Waals surface area contributed by atoms with E-state index in [0.29, 0.717) is 30.9 Å². The van der Waals surface area contributed by atoms with Crippen molar-refractivity contribution in [3.05, 3.63) is 81.9 Å². The molecule has 5 rings (SSSR count). The van der Waals surface area contributed by atoms with E-state index in [0.717, 1.165) is 48.2 Å². The van der Waals surface area contributed by atoms with E-state index in [2.05, 4.69) is 44.5 Å². The van der Waals surface area contributed by atoms with Gasteiger partial charge in [0, 0.05) is 31.3 Å². The molecule has 3 heterocycles. The average Bonchev–Trinajstić information content (AvgIpc) is 3.58. The number of H-pyrrole nitrogens is 1. The van der Waals surface area contributed by atoms with Gasteiger partial charge in [0.2, 0.25) is 0 Å². The van der Waals surface area contributed by atoms with Crippen LogP contribution in [0.5, 0.6) is 5.75 Å². The van der Waals surface area contributed by atoms with Crippen LogP contribution < -0.4 is 10.3 Å². The Kier molecular flexibility index (Phi) is 7.39. The standard InChI is InChI=1S/C27H32N6O3/c1-3-25(26-29-30-31-33(26)18-23-10-7-13-36-23)32(16-19-8-5-4-6-9-19)17-21-14-20-11-12-22(35-2)15-24(20)28-27(21)34/h4-6,8-9,11-12,14-15,23,25H,3,7,10,13,16-18H2,1-2H3,(H,28,34). The first kappa shape index (κ1) is 24.1. The zero-order valence-electron chi connectivity index (χ0n) is 20.8. The third-order valence-electron chi connectivity index (χ3n) is 6.82. The molecule has 2 unspecified atom stereocenters. The van der Waals surface area contributed by atoms with Crippen LogP contribution in [0.25, 0.3) is 10.9 Å². The van der Waals surface area contributed by atoms with Gasteiger partial charge in [-0.05, 0) is 58.8 Å². The van der Waals surface area contributed by atoms with Crippen molar-refractivity contribution in [2.75, 3.05) is 13.7 Å². The molecular formula is C27H32N6O3. The summed E-state index contributed by atoms with van der Waals surface area (Å²) in [5.41, 5.74) is 2.50. The number of aromatic nitrogens is 5. The van der Waals surface area contributed by atoms with E-state index in [-0.39, 0.29) is 17.7 Å². The Morgan fingerprint density at radius 3 is 2.81 bits per heavy atom. The van der Waals surface area contributed by atoms with Crippen LogP contribution >= 0.6 is 0 Å². The maximum absolute atomic E-state index is 13.1. The lowest BCUT2D eigenvalue weighted by atomic mass is 10.1. The molecule has 36 heavy (non-hydrogen) atoms. The van der Waals surface area contributed by atoms with Crippen molar-refractivity contribution in [3.63, 3.8) is 0 Å². The van der Waals surface area contributed by atoms with Gasteiger partial charge in [-0.15, -0.1) is 5.10 Å². The summed E-state index contributed by atoms with van der Waals surface area (Å²) in [7, 11) is 1.62. The summed E-state index contributed by atoms with van der Waals surface area (Å²) in [6.07, 6.45) is 3.01. The van der Waals surface area contributed by atoms with Gasteiger partial charge in [0.15, 0.2) is 5.82 Å². The lowest BCUT2D eigenvalue weighted by Crippen LogP contribution is -2.33. The Bertz CT molecular complexity index is 1350. The third kappa shape index (κ3) is 5.32. The minimum atomic E-state index is -0.109. The summed E-state index contributed by atoms with van der Waals surface area (Å²) in [4.78, 5) is 18.4. The van der Waals surface area contributed by atoms with Crippen molar-refractivity contribution in [2.24, 2.45) is 0 Å². The topological polar surface area (TPSA) is 98.2 Å². The lowest BCUT2D eigenvalue weighted by Gasteiger charge is -2.30. The molecule has 2 aromatic carbocycles. The molecule has 2 aromatic heterocycles. The number of fused-ring (bicyclic) bond motifs is 1. The zero-order chi connectivity index (χ0) is 24.9. The maximum atomic E-state index is 13.1. The fourth-order valence-electron chi connectivity index (χ4n) is 4.95. The van der Waals surface area contributed by atoms with E-state index in [4.69, 9.17) is 9.47 Å². The molecule has 1 aliphatic rings. The SMILES string of the molecule is CCC(c1nnnn1CC1CCCO1)N(Cc1ccccc1)Cc1cc2ccc(OC)cc2[nH]c1=O. The monoisotopic (exact) mass is 488 g/mol. The number of aromatic amines is 1. The summed E-state index contributed by atoms with van der Waals surface area (Å²) in [6.45, 7) is 4.67. The molecule has 0 saturated carbocycles. The van der Waals surface area contributed by atoms with Crippen LogP contribution in [0, 0.1) is 0 Å². The van der Waals surface area contributed by atoms with Crippen LogP contribution in [-0.2, 0) is 24.4 Å². The zero-order valence-corrected chi connectivity index (χ0v) is 20.8. The molecule has 2 atom stereocenters. The van der Waals surface area contributed by atoms with E-state index in [1.807, 2.05) is 47.1 Å². The molecule has 1 N–H and O–H groups in total. The van der Waals surface area contributed by atoms with Gasteiger partial charge < -0.3 is 14.5 Å². The highest BCUT2D eigenvalue weighted by Crippen LogP contribution is 2.27. The van der Waals surface area contributed by atoms with Gasteiger partial charge >= 0.3 is 0 Å². The number of hydrogen-bond donors (Lipinski definition) is 1. The third-order valence-corrected chi connectivity index (χ3v) is 6.82. The maximum Gasteiger partial charge on any atom is 0.252 e. The molecule has 1 aliphatic heterocycles. The van der Waals surface area contributed by atoms with Gasteiger partial charge in [0.25, 0.3) is 5.56 Å². The molecule has 0 aliphatic carbocycles. The molecule has 0 amide bonds. The molecule has 188 valence electrons. The van der Waals surface area contributed by atoms with Gasteiger partial charge in [-0.2, -0.15) is 0 Å². The average molecular weight is 489 g/mol. The smallest absolute Gasteiger partial charge is 0.252 e. The van der Waals surface area contributed by atoms with E-state index in [1.165, 1.54) is 0 Å². The van der Waals surface area contributed by atoms with Crippen LogP contribution in [0.15, 0.2) is 59.4 Å². The fourth-order valence-corrected chi connectivity index (χ4v) is 4.95. The minimum absolute atomic E-state index is 0.0763. The normalized spacial score (nSPS) is 16.6. The molecule has 9 nitrogen and oxygen atoms in total. The Hall–Kier alpha value is -3.56. The number of rotatable bonds is 10. The number of nitrogens with one attached hydrogen (secondary N) is 1. The van der Waals surface area contributed by atoms with Gasteiger partial charge in [0.05, 0.1) is 31.3 Å². The molecular weight excluding hydrogens is 456 g/mol. The minimum Gasteiger partial charge on any atom is -0.497 e. The molecule has 0 spiro atoms. The van der Waals surface area contributed by atoms with E-state index in [9.17, 15) is 4.79 Å². The van der Waals surface area contributed by atoms with Gasteiger partial charge in [0.1, 0.15) is 5.75 Å². The van der Waals surface area contributed by atoms with Gasteiger partial charge in [-0.1, -0.05) is 37.3 Å². The van der Waals surface area contributed by atoms with Crippen LogP contribution in [0.3, 0.4) is 0 Å². The van der Waals surface area contributed by atoms with Crippen molar-refractivity contribution in [1.29, 1.82) is 0 Å². The number of hydrogen-bond acceptors (Lipinski definition) is 7. The molecule has 9 heteroatoms. The van der Waals surface area contributed by atoms with Gasteiger partial charge in [-0.3, -0.25) is 9.69 Å². The second-order valence-electron chi connectivity index (χ2n) is 9.25. The van der Waals surface area contributed by atoms with Gasteiger partial charge in [-0.25, -0.2) is 4.68 Å². The summed E-state index contributed by atoms with van der Waals surface area (Å²) in [5, 5.41) is 13.7. The first-order valence-electron chi connectivity index (χ1n) is 12.5. The molecule has 4 aromatic rings. The number of ether oxygens (including phenoxy) is 2. The van der Waals surface area contributed by atoms with Crippen molar-refractivity contribution < 1.29 is 9.47 Å². The summed E-state index contributed by atoms with van der Waals surface area (Å²) in [5.74, 6) is 1.51. The van der Waals surface area contributed by atoms with Crippen LogP contribution in [-0.4, -0.2) is 49.9 Å². The molecule has 1 fully saturated rings. The first-order valence-corrected chi connectivity index (χ1v) is 12.5. The van der Waals surface area contributed by atoms with Crippen LogP contribution in [0.1, 0.15) is 49.2 Å². The van der Waals surface area contributed by atoms with E-state index < -0.39 is 0 Å². The Labute approximate surface area is 210 Å². The Morgan fingerprint density at radius 2 is 2.06 bits per heavy atom. The molecule has 0 radical (unpaired) electrons. The van der Waals surface area contributed by atoms with Crippen molar-refractivity contribution in [3.8, 4) is 5.75 Å². The quantitative estimate of drug-likeness (QED) is 0.362. The number of nitrogens with zero attached hydrogens (tertiary/aromatic N) is 5. The Balaban J connectivity index is 1.48. The highest BCUT2D eigenvalue weighted by atomic mass is 16.5. The number of pyridine rings is 1. The number of benzene rings is 2. The number of methoxy groups -OCH3 is 1. The second kappa shape index (κ2) is 11.0. The summed E-state index contributed by atoms with van der Waals surface area (Å²) >= 11 is 0. The lowest BCUT2D eigenvalue weighted by molar-refractivity contribution is 0.0888. The second-order valence-corrected chi connectivity index (χ2v) is 9.25. The van der Waals surface area contributed by atoms with Crippen molar-refractivity contribution >= 4 is 10.9 Å². The predicted octanol–water partition coefficient (Wildman–Crippen LogP) is 3.86. The van der Waals surface area contributed by atoms with Crippen LogP contribution in [0.4, 0.5) is 0 Å². The summed E-state index contributed by atoms with van der Waals surface area (Å²) in [6, 6.07) is 17.9. The highest BCUT2D eigenvalue weighted by Gasteiger charge is 2.28. The summed E-state index contributed by atoms with van der Waals surface area (Å²) < 4.78 is 13.0. The largest absolute Gasteiger partial charge is 0.497 e. The van der Waals surface area contributed by atoms with E-state index in [1.54, 1.807) is 7.11 Å². The molecule has 1 saturated heterocycles. The van der Waals surface area contributed by atoms with Crippen molar-refractivity contribution in [2.45, 2.75) is 58.0 Å². The first-order chi connectivity index (χ1) is 17.6. The van der Waals surface area contributed by atoms with Crippen LogP contribution in [0.2, 0.25) is 0 Å². The Morgan fingerprint density at radius 1 is 1.19 bits per heavy atom. The van der Waals surface area contributed by atoms with E-state index >= 15 is 0 Å². The molecule has 0 bridgehead atoms. The fraction of sp³-hybridized carbons (Fsp3) is 0.407. The van der Waals surface area contributed by atoms with Crippen molar-refractivity contribution in [1.82, 2.24) is 30.1 Å².